The van der Waals surface area contributed by atoms with E-state index in [2.05, 4.69) is 41.2 Å². The second kappa shape index (κ2) is 7.63. The molecular weight excluding hydrogens is 288 g/mol. The Morgan fingerprint density at radius 1 is 1.26 bits per heavy atom. The average molecular weight is 312 g/mol. The molecule has 5 heteroatoms. The number of rotatable bonds is 6. The van der Waals surface area contributed by atoms with E-state index in [0.29, 0.717) is 6.04 Å². The highest BCUT2D eigenvalue weighted by atomic mass is 16.2. The number of nitrogens with one attached hydrogen (secondary N) is 2. The highest BCUT2D eigenvalue weighted by molar-refractivity contribution is 5.84. The second-order valence-electron chi connectivity index (χ2n) is 5.93. The Labute approximate surface area is 137 Å². The predicted octanol–water partition coefficient (Wildman–Crippen LogP) is 3.25. The van der Waals surface area contributed by atoms with Crippen molar-refractivity contribution in [1.82, 2.24) is 9.99 Å². The summed E-state index contributed by atoms with van der Waals surface area (Å²) in [4.78, 5) is 11.8. The van der Waals surface area contributed by atoms with Crippen LogP contribution in [0, 0.1) is 13.8 Å². The highest BCUT2D eigenvalue weighted by Gasteiger charge is 2.01. The Kier molecular flexibility index (Phi) is 5.57. The van der Waals surface area contributed by atoms with Crippen LogP contribution in [0.3, 0.4) is 0 Å². The van der Waals surface area contributed by atoms with Gasteiger partial charge in [0.15, 0.2) is 0 Å². The van der Waals surface area contributed by atoms with Crippen LogP contribution in [0.15, 0.2) is 41.8 Å². The van der Waals surface area contributed by atoms with Crippen molar-refractivity contribution in [2.45, 2.75) is 33.7 Å². The molecule has 0 spiro atoms. The third kappa shape index (κ3) is 4.98. The molecule has 2 aromatic rings. The van der Waals surface area contributed by atoms with Crippen LogP contribution < -0.4 is 10.7 Å². The molecule has 1 aromatic carbocycles. The van der Waals surface area contributed by atoms with Crippen LogP contribution in [0.1, 0.15) is 36.6 Å². The van der Waals surface area contributed by atoms with Gasteiger partial charge in [0.1, 0.15) is 0 Å². The molecule has 1 heterocycles. The Balaban J connectivity index is 1.80. The molecule has 0 aliphatic carbocycles. The van der Waals surface area contributed by atoms with Crippen LogP contribution in [0.5, 0.6) is 0 Å². The van der Waals surface area contributed by atoms with Gasteiger partial charge in [-0.05, 0) is 57.0 Å². The summed E-state index contributed by atoms with van der Waals surface area (Å²) in [6.45, 7) is 8.52. The summed E-state index contributed by atoms with van der Waals surface area (Å²) in [5.41, 5.74) is 6.85. The summed E-state index contributed by atoms with van der Waals surface area (Å²) >= 11 is 0. The SMILES string of the molecule is Cc1ccc(NCC(=O)N/N=C\c2ccn(C(C)C)c2)cc1C. The van der Waals surface area contributed by atoms with Crippen LogP contribution in [-0.2, 0) is 4.79 Å². The molecule has 0 saturated carbocycles. The third-order valence-electron chi connectivity index (χ3n) is 3.70. The Morgan fingerprint density at radius 2 is 2.04 bits per heavy atom. The zero-order valence-corrected chi connectivity index (χ0v) is 14.1. The molecule has 5 nitrogen and oxygen atoms in total. The van der Waals surface area contributed by atoms with E-state index in [1.54, 1.807) is 6.21 Å². The molecule has 0 radical (unpaired) electrons. The standard InChI is InChI=1S/C18H24N4O/c1-13(2)22-8-7-16(12-22)10-20-21-18(23)11-19-17-6-5-14(3)15(4)9-17/h5-10,12-13,19H,11H2,1-4H3,(H,21,23)/b20-10-. The zero-order valence-electron chi connectivity index (χ0n) is 14.1. The van der Waals surface area contributed by atoms with Gasteiger partial charge in [-0.3, -0.25) is 4.79 Å². The van der Waals surface area contributed by atoms with Crippen molar-refractivity contribution in [1.29, 1.82) is 0 Å². The maximum Gasteiger partial charge on any atom is 0.259 e. The maximum absolute atomic E-state index is 11.8. The Bertz CT molecular complexity index is 701. The molecule has 122 valence electrons. The molecule has 2 N–H and O–H groups in total. The molecule has 0 fully saturated rings. The lowest BCUT2D eigenvalue weighted by molar-refractivity contribution is -0.119. The van der Waals surface area contributed by atoms with E-state index < -0.39 is 0 Å². The summed E-state index contributed by atoms with van der Waals surface area (Å²) in [5.74, 6) is -0.178. The van der Waals surface area contributed by atoms with E-state index in [9.17, 15) is 4.79 Å². The van der Waals surface area contributed by atoms with Crippen molar-refractivity contribution in [2.24, 2.45) is 5.10 Å². The lowest BCUT2D eigenvalue weighted by Crippen LogP contribution is -2.25. The summed E-state index contributed by atoms with van der Waals surface area (Å²) in [7, 11) is 0. The minimum Gasteiger partial charge on any atom is -0.376 e. The molecule has 0 bridgehead atoms. The number of aromatic nitrogens is 1. The van der Waals surface area contributed by atoms with E-state index in [1.165, 1.54) is 11.1 Å². The molecule has 0 atom stereocenters. The number of amides is 1. The molecule has 0 unspecified atom stereocenters. The number of hydrogen-bond donors (Lipinski definition) is 2. The van der Waals surface area contributed by atoms with Crippen molar-refractivity contribution < 1.29 is 4.79 Å². The highest BCUT2D eigenvalue weighted by Crippen LogP contribution is 2.13. The summed E-state index contributed by atoms with van der Waals surface area (Å²) in [5, 5.41) is 7.07. The smallest absolute Gasteiger partial charge is 0.259 e. The van der Waals surface area contributed by atoms with Gasteiger partial charge in [0, 0.05) is 29.7 Å². The first-order chi connectivity index (χ1) is 11.0. The number of hydrogen-bond acceptors (Lipinski definition) is 3. The fourth-order valence-corrected chi connectivity index (χ4v) is 2.08. The van der Waals surface area contributed by atoms with E-state index in [-0.39, 0.29) is 12.5 Å². The van der Waals surface area contributed by atoms with Crippen LogP contribution >= 0.6 is 0 Å². The third-order valence-corrected chi connectivity index (χ3v) is 3.70. The van der Waals surface area contributed by atoms with Gasteiger partial charge in [-0.25, -0.2) is 5.43 Å². The van der Waals surface area contributed by atoms with Gasteiger partial charge in [-0.15, -0.1) is 0 Å². The Morgan fingerprint density at radius 3 is 2.70 bits per heavy atom. The lowest BCUT2D eigenvalue weighted by Gasteiger charge is -2.07. The van der Waals surface area contributed by atoms with Gasteiger partial charge in [-0.2, -0.15) is 5.10 Å². The van der Waals surface area contributed by atoms with Crippen molar-refractivity contribution in [3.8, 4) is 0 Å². The number of benzene rings is 1. The number of carbonyl (C=O) groups is 1. The first-order valence-electron chi connectivity index (χ1n) is 7.76. The van der Waals surface area contributed by atoms with E-state index in [0.717, 1.165) is 11.3 Å². The summed E-state index contributed by atoms with van der Waals surface area (Å²) in [6.07, 6.45) is 5.63. The summed E-state index contributed by atoms with van der Waals surface area (Å²) < 4.78 is 2.09. The zero-order chi connectivity index (χ0) is 16.8. The molecule has 1 amide bonds. The molecule has 0 aliphatic heterocycles. The van der Waals surface area contributed by atoms with Crippen LogP contribution in [0.4, 0.5) is 5.69 Å². The van der Waals surface area contributed by atoms with Gasteiger partial charge < -0.3 is 9.88 Å². The van der Waals surface area contributed by atoms with Crippen molar-refractivity contribution in [3.63, 3.8) is 0 Å². The number of nitrogens with zero attached hydrogens (tertiary/aromatic N) is 2. The molecule has 1 aromatic heterocycles. The van der Waals surface area contributed by atoms with Crippen molar-refractivity contribution >= 4 is 17.8 Å². The summed E-state index contributed by atoms with van der Waals surface area (Å²) in [6, 6.07) is 8.40. The first-order valence-corrected chi connectivity index (χ1v) is 7.76. The lowest BCUT2D eigenvalue weighted by atomic mass is 10.1. The minimum atomic E-state index is -0.178. The second-order valence-corrected chi connectivity index (χ2v) is 5.93. The van der Waals surface area contributed by atoms with E-state index >= 15 is 0 Å². The quantitative estimate of drug-likeness (QED) is 0.635. The molecule has 0 aliphatic rings. The normalized spacial score (nSPS) is 11.2. The number of aryl methyl sites for hydroxylation is 2. The molecule has 23 heavy (non-hydrogen) atoms. The van der Waals surface area contributed by atoms with Crippen LogP contribution in [-0.4, -0.2) is 23.2 Å². The van der Waals surface area contributed by atoms with Crippen LogP contribution in [0.2, 0.25) is 0 Å². The first kappa shape index (κ1) is 16.8. The number of anilines is 1. The topological polar surface area (TPSA) is 58.4 Å². The molecule has 2 rings (SSSR count). The van der Waals surface area contributed by atoms with Gasteiger partial charge in [-0.1, -0.05) is 6.07 Å². The number of carbonyl (C=O) groups excluding carboxylic acids is 1. The van der Waals surface area contributed by atoms with Crippen molar-refractivity contribution in [2.75, 3.05) is 11.9 Å². The monoisotopic (exact) mass is 312 g/mol. The average Bonchev–Trinajstić information content (AvgIpc) is 2.97. The minimum absolute atomic E-state index is 0.178. The fraction of sp³-hybridized carbons (Fsp3) is 0.333. The number of hydrazone groups is 1. The van der Waals surface area contributed by atoms with E-state index in [1.807, 2.05) is 43.6 Å². The van der Waals surface area contributed by atoms with Crippen molar-refractivity contribution in [3.05, 3.63) is 53.3 Å². The van der Waals surface area contributed by atoms with Gasteiger partial charge >= 0.3 is 0 Å². The largest absolute Gasteiger partial charge is 0.376 e. The predicted molar refractivity (Wildman–Crippen MR) is 95.0 cm³/mol. The fourth-order valence-electron chi connectivity index (χ4n) is 2.08. The van der Waals surface area contributed by atoms with Crippen LogP contribution in [0.25, 0.3) is 0 Å². The molecule has 0 saturated heterocycles. The van der Waals surface area contributed by atoms with Gasteiger partial charge in [0.2, 0.25) is 0 Å². The van der Waals surface area contributed by atoms with Gasteiger partial charge in [0.05, 0.1) is 12.8 Å². The van der Waals surface area contributed by atoms with E-state index in [4.69, 9.17) is 0 Å². The van der Waals surface area contributed by atoms with Gasteiger partial charge in [0.25, 0.3) is 5.91 Å². The molecular formula is C18H24N4O. The maximum atomic E-state index is 11.8. The Hall–Kier alpha value is -2.56.